The molecular weight excluding hydrogens is 388 g/mol. The van der Waals surface area contributed by atoms with Gasteiger partial charge in [-0.2, -0.15) is 0 Å². The van der Waals surface area contributed by atoms with Gasteiger partial charge in [0, 0.05) is 28.6 Å². The molecule has 3 aromatic rings. The molecule has 1 aliphatic carbocycles. The highest BCUT2D eigenvalue weighted by Gasteiger charge is 2.17. The lowest BCUT2D eigenvalue weighted by Crippen LogP contribution is -2.18. The van der Waals surface area contributed by atoms with Crippen molar-refractivity contribution in [3.05, 3.63) is 58.9 Å². The molecule has 28 heavy (non-hydrogen) atoms. The van der Waals surface area contributed by atoms with Crippen LogP contribution in [0, 0.1) is 5.92 Å². The molecule has 0 aliphatic heterocycles. The summed E-state index contributed by atoms with van der Waals surface area (Å²) >= 11 is 7.87. The number of carbonyl (C=O) groups excluding carboxylic acids is 1. The zero-order chi connectivity index (χ0) is 19.3. The quantitative estimate of drug-likeness (QED) is 0.490. The largest absolute Gasteiger partial charge is 0.326 e. The van der Waals surface area contributed by atoms with E-state index >= 15 is 0 Å². The van der Waals surface area contributed by atoms with Gasteiger partial charge in [0.15, 0.2) is 0 Å². The maximum atomic E-state index is 12.4. The predicted octanol–water partition coefficient (Wildman–Crippen LogP) is 7.04. The molecule has 144 valence electrons. The lowest BCUT2D eigenvalue weighted by molar-refractivity contribution is -0.117. The second-order valence-electron chi connectivity index (χ2n) is 7.35. The minimum absolute atomic E-state index is 0.110. The number of benzene rings is 2. The van der Waals surface area contributed by atoms with Crippen molar-refractivity contribution in [2.75, 3.05) is 5.32 Å². The zero-order valence-corrected chi connectivity index (χ0v) is 17.2. The van der Waals surface area contributed by atoms with Gasteiger partial charge >= 0.3 is 0 Å². The van der Waals surface area contributed by atoms with Crippen molar-refractivity contribution in [3.63, 3.8) is 0 Å². The third-order valence-corrected chi connectivity index (χ3v) is 6.45. The molecule has 0 saturated heterocycles. The van der Waals surface area contributed by atoms with Gasteiger partial charge in [-0.1, -0.05) is 61.2 Å². The number of hydrogen-bond donors (Lipinski definition) is 1. The topological polar surface area (TPSA) is 42.0 Å². The Bertz CT molecular complexity index is 962. The Labute approximate surface area is 174 Å². The Morgan fingerprint density at radius 2 is 1.93 bits per heavy atom. The molecule has 3 nitrogen and oxygen atoms in total. The van der Waals surface area contributed by atoms with Gasteiger partial charge in [0.1, 0.15) is 5.01 Å². The molecule has 1 saturated carbocycles. The molecule has 1 fully saturated rings. The van der Waals surface area contributed by atoms with E-state index < -0.39 is 0 Å². The van der Waals surface area contributed by atoms with E-state index in [-0.39, 0.29) is 5.91 Å². The summed E-state index contributed by atoms with van der Waals surface area (Å²) in [6.07, 6.45) is 6.80. The molecule has 1 heterocycles. The fourth-order valence-electron chi connectivity index (χ4n) is 3.79. The van der Waals surface area contributed by atoms with Crippen molar-refractivity contribution < 1.29 is 4.79 Å². The number of aromatic nitrogens is 1. The van der Waals surface area contributed by atoms with E-state index in [1.165, 1.54) is 32.1 Å². The summed E-state index contributed by atoms with van der Waals surface area (Å²) in [5.41, 5.74) is 3.65. The SMILES string of the molecule is O=C(CC1CCCCC1)Nc1cccc(-c2csc(-c3ccccc3Cl)n2)c1. The summed E-state index contributed by atoms with van der Waals surface area (Å²) in [6, 6.07) is 15.6. The first kappa shape index (κ1) is 19.2. The van der Waals surface area contributed by atoms with Crippen LogP contribution in [0.25, 0.3) is 21.8 Å². The van der Waals surface area contributed by atoms with Gasteiger partial charge in [0.2, 0.25) is 5.91 Å². The van der Waals surface area contributed by atoms with Crippen molar-refractivity contribution in [3.8, 4) is 21.8 Å². The Hall–Kier alpha value is -2.17. The van der Waals surface area contributed by atoms with Gasteiger partial charge in [0.05, 0.1) is 10.7 Å². The average molecular weight is 411 g/mol. The predicted molar refractivity (Wildman–Crippen MR) is 118 cm³/mol. The summed E-state index contributed by atoms with van der Waals surface area (Å²) in [7, 11) is 0. The number of carbonyl (C=O) groups is 1. The summed E-state index contributed by atoms with van der Waals surface area (Å²) < 4.78 is 0. The number of rotatable bonds is 5. The highest BCUT2D eigenvalue weighted by Crippen LogP contribution is 2.33. The average Bonchev–Trinajstić information content (AvgIpc) is 3.19. The molecule has 1 aliphatic rings. The molecule has 1 amide bonds. The van der Waals surface area contributed by atoms with Crippen molar-refractivity contribution in [1.82, 2.24) is 4.98 Å². The van der Waals surface area contributed by atoms with E-state index in [9.17, 15) is 4.79 Å². The van der Waals surface area contributed by atoms with Crippen LogP contribution in [0.5, 0.6) is 0 Å². The van der Waals surface area contributed by atoms with Crippen LogP contribution in [-0.2, 0) is 4.79 Å². The first-order valence-corrected chi connectivity index (χ1v) is 11.1. The number of hydrogen-bond acceptors (Lipinski definition) is 3. The molecule has 2 aromatic carbocycles. The van der Waals surface area contributed by atoms with Gasteiger partial charge in [-0.3, -0.25) is 4.79 Å². The molecule has 0 bridgehead atoms. The minimum Gasteiger partial charge on any atom is -0.326 e. The van der Waals surface area contributed by atoms with E-state index in [1.54, 1.807) is 11.3 Å². The molecule has 0 spiro atoms. The van der Waals surface area contributed by atoms with Crippen molar-refractivity contribution >= 4 is 34.5 Å². The number of halogens is 1. The maximum Gasteiger partial charge on any atom is 0.224 e. The molecule has 0 unspecified atom stereocenters. The van der Waals surface area contributed by atoms with Crippen LogP contribution in [0.1, 0.15) is 38.5 Å². The van der Waals surface area contributed by atoms with Gasteiger partial charge in [-0.15, -0.1) is 11.3 Å². The first-order valence-electron chi connectivity index (χ1n) is 9.80. The first-order chi connectivity index (χ1) is 13.7. The van der Waals surface area contributed by atoms with Crippen LogP contribution in [0.2, 0.25) is 5.02 Å². The third kappa shape index (κ3) is 4.62. The zero-order valence-electron chi connectivity index (χ0n) is 15.7. The van der Waals surface area contributed by atoms with Gasteiger partial charge < -0.3 is 5.32 Å². The lowest BCUT2D eigenvalue weighted by atomic mass is 9.87. The van der Waals surface area contributed by atoms with Crippen LogP contribution in [0.15, 0.2) is 53.9 Å². The molecule has 4 rings (SSSR count). The van der Waals surface area contributed by atoms with E-state index in [2.05, 4.69) is 5.32 Å². The van der Waals surface area contributed by atoms with Crippen molar-refractivity contribution in [2.45, 2.75) is 38.5 Å². The summed E-state index contributed by atoms with van der Waals surface area (Å²) in [6.45, 7) is 0. The molecule has 1 aromatic heterocycles. The number of nitrogens with one attached hydrogen (secondary N) is 1. The second kappa shape index (κ2) is 8.89. The Kier molecular flexibility index (Phi) is 6.08. The van der Waals surface area contributed by atoms with E-state index in [4.69, 9.17) is 16.6 Å². The minimum atomic E-state index is 0.110. The standard InChI is InChI=1S/C23H23ClN2OS/c24-20-12-5-4-11-19(20)23-26-21(15-28-23)17-9-6-10-18(14-17)25-22(27)13-16-7-2-1-3-8-16/h4-6,9-12,14-16H,1-3,7-8,13H2,(H,25,27). The third-order valence-electron chi connectivity index (χ3n) is 5.25. The van der Waals surface area contributed by atoms with E-state index in [1.807, 2.05) is 53.9 Å². The van der Waals surface area contributed by atoms with Crippen LogP contribution >= 0.6 is 22.9 Å². The summed E-state index contributed by atoms with van der Waals surface area (Å²) in [4.78, 5) is 17.2. The smallest absolute Gasteiger partial charge is 0.224 e. The lowest BCUT2D eigenvalue weighted by Gasteiger charge is -2.20. The number of nitrogens with zero attached hydrogens (tertiary/aromatic N) is 1. The Morgan fingerprint density at radius 1 is 1.11 bits per heavy atom. The van der Waals surface area contributed by atoms with Gasteiger partial charge in [-0.25, -0.2) is 4.98 Å². The fourth-order valence-corrected chi connectivity index (χ4v) is 4.94. The van der Waals surface area contributed by atoms with Gasteiger partial charge in [0.25, 0.3) is 0 Å². The Balaban J connectivity index is 1.47. The molecule has 1 N–H and O–H groups in total. The highest BCUT2D eigenvalue weighted by molar-refractivity contribution is 7.13. The van der Waals surface area contributed by atoms with Crippen molar-refractivity contribution in [2.24, 2.45) is 5.92 Å². The number of thiazole rings is 1. The second-order valence-corrected chi connectivity index (χ2v) is 8.62. The molecule has 0 atom stereocenters. The van der Waals surface area contributed by atoms with E-state index in [0.29, 0.717) is 17.4 Å². The highest BCUT2D eigenvalue weighted by atomic mass is 35.5. The Morgan fingerprint density at radius 3 is 2.75 bits per heavy atom. The van der Waals surface area contributed by atoms with Crippen LogP contribution in [-0.4, -0.2) is 10.9 Å². The van der Waals surface area contributed by atoms with Crippen LogP contribution in [0.4, 0.5) is 5.69 Å². The number of anilines is 1. The van der Waals surface area contributed by atoms with Crippen LogP contribution in [0.3, 0.4) is 0 Å². The number of amides is 1. The normalized spacial score (nSPS) is 14.8. The fraction of sp³-hybridized carbons (Fsp3) is 0.304. The maximum absolute atomic E-state index is 12.4. The molecule has 0 radical (unpaired) electrons. The van der Waals surface area contributed by atoms with Crippen LogP contribution < -0.4 is 5.32 Å². The monoisotopic (exact) mass is 410 g/mol. The summed E-state index contributed by atoms with van der Waals surface area (Å²) in [5, 5.41) is 6.69. The molecule has 5 heteroatoms. The summed E-state index contributed by atoms with van der Waals surface area (Å²) in [5.74, 6) is 0.646. The van der Waals surface area contributed by atoms with Crippen molar-refractivity contribution in [1.29, 1.82) is 0 Å². The van der Waals surface area contributed by atoms with Gasteiger partial charge in [-0.05, 0) is 37.0 Å². The van der Waals surface area contributed by atoms with E-state index in [0.717, 1.165) is 27.5 Å². The molecular formula is C23H23ClN2OS.